The molecule has 0 aliphatic heterocycles. The first-order chi connectivity index (χ1) is 12.5. The highest BCUT2D eigenvalue weighted by Gasteiger charge is 2.40. The molecule has 146 valence electrons. The maximum Gasteiger partial charge on any atom is 0.436 e. The Morgan fingerprint density at radius 1 is 1.41 bits per heavy atom. The summed E-state index contributed by atoms with van der Waals surface area (Å²) in [5, 5.41) is 15.5. The highest BCUT2D eigenvalue weighted by molar-refractivity contribution is 7.90. The maximum absolute atomic E-state index is 13.3. The Morgan fingerprint density at radius 3 is 2.52 bits per heavy atom. The van der Waals surface area contributed by atoms with E-state index in [2.05, 4.69) is 15.4 Å². The van der Waals surface area contributed by atoms with Gasteiger partial charge in [-0.1, -0.05) is 0 Å². The summed E-state index contributed by atoms with van der Waals surface area (Å²) in [5.41, 5.74) is -2.06. The zero-order valence-electron chi connectivity index (χ0n) is 14.6. The average Bonchev–Trinajstić information content (AvgIpc) is 2.93. The molecule has 0 radical (unpaired) electrons. The summed E-state index contributed by atoms with van der Waals surface area (Å²) < 4.78 is 68.6. The first kappa shape index (κ1) is 20.7. The zero-order valence-corrected chi connectivity index (χ0v) is 15.4. The van der Waals surface area contributed by atoms with E-state index < -0.39 is 33.3 Å². The quantitative estimate of drug-likeness (QED) is 0.786. The molecule has 0 aliphatic rings. The van der Waals surface area contributed by atoms with Crippen LogP contribution in [0.5, 0.6) is 0 Å². The lowest BCUT2D eigenvalue weighted by Crippen LogP contribution is -2.23. The average molecular weight is 403 g/mol. The van der Waals surface area contributed by atoms with Gasteiger partial charge in [0, 0.05) is 25.6 Å². The number of hydrogen-bond donors (Lipinski definition) is 1. The van der Waals surface area contributed by atoms with Gasteiger partial charge in [-0.05, 0) is 19.1 Å². The van der Waals surface area contributed by atoms with E-state index in [1.807, 2.05) is 0 Å². The third-order valence-corrected chi connectivity index (χ3v) is 4.53. The minimum atomic E-state index is -4.86. The second-order valence-electron chi connectivity index (χ2n) is 5.72. The Labute approximate surface area is 153 Å². The number of anilines is 1. The Kier molecular flexibility index (Phi) is 5.76. The van der Waals surface area contributed by atoms with Crippen molar-refractivity contribution in [1.29, 1.82) is 5.26 Å². The van der Waals surface area contributed by atoms with Crippen LogP contribution >= 0.6 is 0 Å². The van der Waals surface area contributed by atoms with E-state index in [1.165, 1.54) is 25.3 Å². The molecule has 0 bridgehead atoms. The fraction of sp³-hybridized carbons (Fsp3) is 0.400. The van der Waals surface area contributed by atoms with E-state index in [4.69, 9.17) is 4.74 Å². The molecule has 0 saturated carbocycles. The van der Waals surface area contributed by atoms with Crippen molar-refractivity contribution in [2.45, 2.75) is 24.0 Å². The third kappa shape index (κ3) is 4.55. The molecule has 0 aliphatic carbocycles. The third-order valence-electron chi connectivity index (χ3n) is 3.43. The smallest absolute Gasteiger partial charge is 0.383 e. The summed E-state index contributed by atoms with van der Waals surface area (Å²) in [6.45, 7) is 1.81. The van der Waals surface area contributed by atoms with Crippen molar-refractivity contribution in [3.8, 4) is 11.9 Å². The van der Waals surface area contributed by atoms with E-state index in [0.717, 1.165) is 17.1 Å². The highest BCUT2D eigenvalue weighted by atomic mass is 32.2. The van der Waals surface area contributed by atoms with Gasteiger partial charge >= 0.3 is 6.18 Å². The molecular formula is C15H16F3N5O3S. The van der Waals surface area contributed by atoms with E-state index in [-0.39, 0.29) is 23.1 Å². The molecule has 0 amide bonds. The van der Waals surface area contributed by atoms with E-state index >= 15 is 0 Å². The summed E-state index contributed by atoms with van der Waals surface area (Å²) in [5.74, 6) is -0.296. The number of alkyl halides is 3. The summed E-state index contributed by atoms with van der Waals surface area (Å²) in [7, 11) is -2.10. The van der Waals surface area contributed by atoms with Crippen LogP contribution in [0, 0.1) is 11.3 Å². The molecule has 0 spiro atoms. The fourth-order valence-corrected chi connectivity index (χ4v) is 2.82. The second-order valence-corrected chi connectivity index (χ2v) is 7.73. The summed E-state index contributed by atoms with van der Waals surface area (Å²) in [4.78, 5) is 3.77. The van der Waals surface area contributed by atoms with Crippen LogP contribution in [0.25, 0.3) is 5.82 Å². The van der Waals surface area contributed by atoms with Gasteiger partial charge in [-0.2, -0.15) is 28.2 Å². The topological polar surface area (TPSA) is 110 Å². The van der Waals surface area contributed by atoms with Crippen LogP contribution in [0.4, 0.5) is 19.0 Å². The van der Waals surface area contributed by atoms with E-state index in [1.54, 1.807) is 6.92 Å². The maximum atomic E-state index is 13.3. The lowest BCUT2D eigenvalue weighted by molar-refractivity contribution is -0.141. The number of rotatable bonds is 6. The van der Waals surface area contributed by atoms with Crippen molar-refractivity contribution >= 4 is 15.7 Å². The molecule has 0 fully saturated rings. The van der Waals surface area contributed by atoms with Gasteiger partial charge in [0.05, 0.1) is 11.5 Å². The normalized spacial score (nSPS) is 13.2. The van der Waals surface area contributed by atoms with E-state index in [9.17, 15) is 26.9 Å². The van der Waals surface area contributed by atoms with Crippen LogP contribution in [0.15, 0.2) is 23.2 Å². The molecule has 2 aromatic rings. The van der Waals surface area contributed by atoms with Crippen LogP contribution in [-0.2, 0) is 20.8 Å². The van der Waals surface area contributed by atoms with Crippen molar-refractivity contribution in [2.75, 3.05) is 25.3 Å². The molecule has 0 aromatic carbocycles. The number of ether oxygens (including phenoxy) is 1. The molecule has 12 heteroatoms. The number of nitriles is 1. The Balaban J connectivity index is 2.63. The predicted octanol–water partition coefficient (Wildman–Crippen LogP) is 2.01. The molecular weight excluding hydrogens is 387 g/mol. The molecule has 8 nitrogen and oxygen atoms in total. The monoisotopic (exact) mass is 403 g/mol. The van der Waals surface area contributed by atoms with Crippen LogP contribution in [-0.4, -0.2) is 49.2 Å². The van der Waals surface area contributed by atoms with Gasteiger partial charge in [-0.15, -0.1) is 0 Å². The summed E-state index contributed by atoms with van der Waals surface area (Å²) in [6, 6.07) is 3.48. The molecule has 0 saturated heterocycles. The van der Waals surface area contributed by atoms with Crippen LogP contribution < -0.4 is 5.32 Å². The molecule has 27 heavy (non-hydrogen) atoms. The molecule has 2 aromatic heterocycles. The van der Waals surface area contributed by atoms with Crippen molar-refractivity contribution in [1.82, 2.24) is 14.8 Å². The number of pyridine rings is 1. The number of nitrogens with zero attached hydrogens (tertiary/aromatic N) is 4. The number of nitrogens with one attached hydrogen (secondary N) is 1. The Morgan fingerprint density at radius 2 is 2.07 bits per heavy atom. The summed E-state index contributed by atoms with van der Waals surface area (Å²) >= 11 is 0. The van der Waals surface area contributed by atoms with Gasteiger partial charge in [0.25, 0.3) is 0 Å². The lowest BCUT2D eigenvalue weighted by atomic mass is 10.2. The highest BCUT2D eigenvalue weighted by Crippen LogP contribution is 2.35. The van der Waals surface area contributed by atoms with Gasteiger partial charge in [-0.3, -0.25) is 0 Å². The fourth-order valence-electron chi connectivity index (χ4n) is 2.26. The lowest BCUT2D eigenvalue weighted by Gasteiger charge is -2.15. The SMILES string of the molecule is COCC(C)Nc1c(C#N)c(C(F)(F)F)nn1-c1ccc(S(C)(=O)=O)cn1. The summed E-state index contributed by atoms with van der Waals surface area (Å²) in [6.07, 6.45) is -2.87. The minimum absolute atomic E-state index is 0.0819. The van der Waals surface area contributed by atoms with Crippen molar-refractivity contribution in [3.05, 3.63) is 29.6 Å². The molecule has 1 atom stereocenters. The van der Waals surface area contributed by atoms with Gasteiger partial charge in [0.2, 0.25) is 0 Å². The first-order valence-corrected chi connectivity index (χ1v) is 9.40. The van der Waals surface area contributed by atoms with Gasteiger partial charge in [-0.25, -0.2) is 13.4 Å². The number of methoxy groups -OCH3 is 1. The Bertz CT molecular complexity index is 962. The molecule has 1 N–H and O–H groups in total. The number of hydrogen-bond acceptors (Lipinski definition) is 7. The van der Waals surface area contributed by atoms with Crippen molar-refractivity contribution in [2.24, 2.45) is 0 Å². The predicted molar refractivity (Wildman–Crippen MR) is 89.1 cm³/mol. The largest absolute Gasteiger partial charge is 0.436 e. The minimum Gasteiger partial charge on any atom is -0.383 e. The van der Waals surface area contributed by atoms with E-state index in [0.29, 0.717) is 0 Å². The zero-order chi connectivity index (χ0) is 20.4. The van der Waals surface area contributed by atoms with Crippen molar-refractivity contribution < 1.29 is 26.3 Å². The van der Waals surface area contributed by atoms with Crippen LogP contribution in [0.1, 0.15) is 18.2 Å². The second kappa shape index (κ2) is 7.53. The Hall–Kier alpha value is -2.65. The van der Waals surface area contributed by atoms with Crippen LogP contribution in [0.3, 0.4) is 0 Å². The van der Waals surface area contributed by atoms with Crippen molar-refractivity contribution in [3.63, 3.8) is 0 Å². The molecule has 2 rings (SSSR count). The van der Waals surface area contributed by atoms with Gasteiger partial charge in [0.1, 0.15) is 11.6 Å². The van der Waals surface area contributed by atoms with Crippen LogP contribution in [0.2, 0.25) is 0 Å². The van der Waals surface area contributed by atoms with Gasteiger partial charge < -0.3 is 10.1 Å². The van der Waals surface area contributed by atoms with Gasteiger partial charge in [0.15, 0.2) is 27.2 Å². The molecule has 2 heterocycles. The first-order valence-electron chi connectivity index (χ1n) is 7.51. The molecule has 1 unspecified atom stereocenters. The standard InChI is InChI=1S/C15H16F3N5O3S/c1-9(8-26-2)21-14-11(6-19)13(15(16,17)18)22-23(14)12-5-4-10(7-20-12)27(3,24)25/h4-5,7,9,21H,8H2,1-3H3. The number of halogens is 3. The number of sulfone groups is 1. The number of aromatic nitrogens is 3.